The van der Waals surface area contributed by atoms with Crippen molar-refractivity contribution in [3.05, 3.63) is 83.9 Å². The second kappa shape index (κ2) is 9.34. The second-order valence-corrected chi connectivity index (χ2v) is 7.35. The van der Waals surface area contributed by atoms with Gasteiger partial charge in [0.2, 0.25) is 0 Å². The molecule has 4 nitrogen and oxygen atoms in total. The standard InChI is InChI=1S/C24H24N2O2S/c1-3-16(2)20-13-14-22(27)21(15-20)25-24(29)26-23(28)19-11-9-18(10-12-19)17-7-5-4-6-8-17/h4-16,27H,3H2,1-2H3,(H2,25,26,28,29). The molecule has 3 aromatic carbocycles. The van der Waals surface area contributed by atoms with E-state index < -0.39 is 0 Å². The van der Waals surface area contributed by atoms with Crippen molar-refractivity contribution in [1.29, 1.82) is 0 Å². The van der Waals surface area contributed by atoms with Gasteiger partial charge in [0.25, 0.3) is 5.91 Å². The molecule has 0 spiro atoms. The predicted molar refractivity (Wildman–Crippen MR) is 122 cm³/mol. The van der Waals surface area contributed by atoms with Crippen molar-refractivity contribution in [1.82, 2.24) is 5.32 Å². The van der Waals surface area contributed by atoms with Crippen LogP contribution < -0.4 is 10.6 Å². The number of carbonyl (C=O) groups is 1. The molecule has 3 aromatic rings. The fourth-order valence-electron chi connectivity index (χ4n) is 2.97. The lowest BCUT2D eigenvalue weighted by Crippen LogP contribution is -2.34. The summed E-state index contributed by atoms with van der Waals surface area (Å²) in [6.45, 7) is 4.23. The first-order valence-electron chi connectivity index (χ1n) is 9.58. The zero-order valence-electron chi connectivity index (χ0n) is 16.5. The fourth-order valence-corrected chi connectivity index (χ4v) is 3.17. The van der Waals surface area contributed by atoms with Crippen LogP contribution in [0.3, 0.4) is 0 Å². The Bertz CT molecular complexity index is 1000. The van der Waals surface area contributed by atoms with E-state index in [-0.39, 0.29) is 16.8 Å². The highest BCUT2D eigenvalue weighted by Crippen LogP contribution is 2.29. The predicted octanol–water partition coefficient (Wildman–Crippen LogP) is 5.70. The minimum absolute atomic E-state index is 0.0841. The maximum absolute atomic E-state index is 12.5. The topological polar surface area (TPSA) is 61.4 Å². The van der Waals surface area contributed by atoms with Gasteiger partial charge in [-0.15, -0.1) is 0 Å². The van der Waals surface area contributed by atoms with Crippen LogP contribution in [-0.4, -0.2) is 16.1 Å². The van der Waals surface area contributed by atoms with Gasteiger partial charge in [0.05, 0.1) is 5.69 Å². The van der Waals surface area contributed by atoms with E-state index in [2.05, 4.69) is 24.5 Å². The SMILES string of the molecule is CCC(C)c1ccc(O)c(NC(=S)NC(=O)c2ccc(-c3ccccc3)cc2)c1. The third kappa shape index (κ3) is 5.21. The fraction of sp³-hybridized carbons (Fsp3) is 0.167. The van der Waals surface area contributed by atoms with E-state index in [0.717, 1.165) is 23.1 Å². The summed E-state index contributed by atoms with van der Waals surface area (Å²) in [6.07, 6.45) is 0.990. The van der Waals surface area contributed by atoms with Crippen molar-refractivity contribution in [3.63, 3.8) is 0 Å². The monoisotopic (exact) mass is 404 g/mol. The number of amides is 1. The zero-order valence-corrected chi connectivity index (χ0v) is 17.3. The molecule has 1 amide bonds. The van der Waals surface area contributed by atoms with Crippen LogP contribution >= 0.6 is 12.2 Å². The molecule has 0 heterocycles. The van der Waals surface area contributed by atoms with Crippen LogP contribution in [0.25, 0.3) is 11.1 Å². The number of hydrogen-bond acceptors (Lipinski definition) is 3. The van der Waals surface area contributed by atoms with Gasteiger partial charge in [0.15, 0.2) is 5.11 Å². The number of aromatic hydroxyl groups is 1. The van der Waals surface area contributed by atoms with E-state index in [4.69, 9.17) is 12.2 Å². The van der Waals surface area contributed by atoms with E-state index in [1.807, 2.05) is 54.6 Å². The van der Waals surface area contributed by atoms with Crippen LogP contribution in [0.1, 0.15) is 42.1 Å². The Labute approximate surface area is 176 Å². The van der Waals surface area contributed by atoms with Crippen LogP contribution in [0.4, 0.5) is 5.69 Å². The van der Waals surface area contributed by atoms with E-state index in [9.17, 15) is 9.90 Å². The number of carbonyl (C=O) groups excluding carboxylic acids is 1. The molecule has 148 valence electrons. The summed E-state index contributed by atoms with van der Waals surface area (Å²) in [5.74, 6) is 0.142. The Morgan fingerprint density at radius 3 is 2.31 bits per heavy atom. The molecule has 3 N–H and O–H groups in total. The van der Waals surface area contributed by atoms with Crippen molar-refractivity contribution in [2.45, 2.75) is 26.2 Å². The lowest BCUT2D eigenvalue weighted by atomic mass is 9.98. The van der Waals surface area contributed by atoms with E-state index in [0.29, 0.717) is 17.2 Å². The van der Waals surface area contributed by atoms with Gasteiger partial charge in [-0.1, -0.05) is 62.4 Å². The number of benzene rings is 3. The van der Waals surface area contributed by atoms with Gasteiger partial charge in [-0.25, -0.2) is 0 Å². The molecular formula is C24H24N2O2S. The van der Waals surface area contributed by atoms with Crippen molar-refractivity contribution in [2.75, 3.05) is 5.32 Å². The first kappa shape index (κ1) is 20.6. The van der Waals surface area contributed by atoms with Crippen LogP contribution in [0.15, 0.2) is 72.8 Å². The summed E-state index contributed by atoms with van der Waals surface area (Å²) in [5.41, 5.74) is 4.21. The summed E-state index contributed by atoms with van der Waals surface area (Å²) in [5, 5.41) is 15.8. The van der Waals surface area contributed by atoms with E-state index in [1.54, 1.807) is 18.2 Å². The molecule has 0 radical (unpaired) electrons. The first-order valence-corrected chi connectivity index (χ1v) is 9.99. The number of phenols is 1. The molecule has 1 unspecified atom stereocenters. The summed E-state index contributed by atoms with van der Waals surface area (Å²) in [6, 6.07) is 22.7. The van der Waals surface area contributed by atoms with Gasteiger partial charge in [-0.2, -0.15) is 0 Å². The molecule has 1 atom stereocenters. The highest BCUT2D eigenvalue weighted by molar-refractivity contribution is 7.80. The quantitative estimate of drug-likeness (QED) is 0.377. The molecule has 3 rings (SSSR count). The number of anilines is 1. The average Bonchev–Trinajstić information content (AvgIpc) is 2.75. The zero-order chi connectivity index (χ0) is 20.8. The summed E-state index contributed by atoms with van der Waals surface area (Å²) >= 11 is 5.26. The molecule has 0 aromatic heterocycles. The van der Waals surface area contributed by atoms with Crippen molar-refractivity contribution < 1.29 is 9.90 Å². The van der Waals surface area contributed by atoms with Gasteiger partial charge in [-0.3, -0.25) is 10.1 Å². The molecule has 0 aliphatic rings. The lowest BCUT2D eigenvalue weighted by molar-refractivity contribution is 0.0977. The van der Waals surface area contributed by atoms with Crippen molar-refractivity contribution in [2.24, 2.45) is 0 Å². The van der Waals surface area contributed by atoms with Crippen molar-refractivity contribution in [3.8, 4) is 16.9 Å². The molecule has 5 heteroatoms. The number of hydrogen-bond donors (Lipinski definition) is 3. The van der Waals surface area contributed by atoms with Gasteiger partial charge in [0.1, 0.15) is 5.75 Å². The number of rotatable bonds is 5. The number of nitrogens with one attached hydrogen (secondary N) is 2. The second-order valence-electron chi connectivity index (χ2n) is 6.94. The smallest absolute Gasteiger partial charge is 0.257 e. The maximum atomic E-state index is 12.5. The number of phenolic OH excluding ortho intramolecular Hbond substituents is 1. The number of thiocarbonyl (C=S) groups is 1. The van der Waals surface area contributed by atoms with Crippen LogP contribution in [0.5, 0.6) is 5.75 Å². The van der Waals surface area contributed by atoms with Crippen molar-refractivity contribution >= 4 is 28.9 Å². The van der Waals surface area contributed by atoms with Gasteiger partial charge in [0, 0.05) is 5.56 Å². The molecule has 0 aliphatic heterocycles. The Kier molecular flexibility index (Phi) is 6.62. The molecule has 0 aliphatic carbocycles. The molecule has 0 saturated carbocycles. The summed E-state index contributed by atoms with van der Waals surface area (Å²) in [7, 11) is 0. The summed E-state index contributed by atoms with van der Waals surface area (Å²) < 4.78 is 0. The van der Waals surface area contributed by atoms with Crippen LogP contribution in [0, 0.1) is 0 Å². The Hall–Kier alpha value is -3.18. The molecule has 29 heavy (non-hydrogen) atoms. The van der Waals surface area contributed by atoms with Crippen LogP contribution in [-0.2, 0) is 0 Å². The Morgan fingerprint density at radius 1 is 1.00 bits per heavy atom. The van der Waals surface area contributed by atoms with Crippen LogP contribution in [0.2, 0.25) is 0 Å². The Balaban J connectivity index is 1.66. The van der Waals surface area contributed by atoms with Gasteiger partial charge < -0.3 is 10.4 Å². The summed E-state index contributed by atoms with van der Waals surface area (Å²) in [4.78, 5) is 12.5. The molecular weight excluding hydrogens is 380 g/mol. The highest BCUT2D eigenvalue weighted by Gasteiger charge is 2.12. The van der Waals surface area contributed by atoms with E-state index in [1.165, 1.54) is 0 Å². The van der Waals surface area contributed by atoms with Gasteiger partial charge >= 0.3 is 0 Å². The highest BCUT2D eigenvalue weighted by atomic mass is 32.1. The third-order valence-corrected chi connectivity index (χ3v) is 5.14. The normalized spacial score (nSPS) is 11.5. The van der Waals surface area contributed by atoms with E-state index >= 15 is 0 Å². The minimum atomic E-state index is -0.306. The molecule has 0 saturated heterocycles. The molecule has 0 fully saturated rings. The molecule has 0 bridgehead atoms. The minimum Gasteiger partial charge on any atom is -0.506 e. The lowest BCUT2D eigenvalue weighted by Gasteiger charge is -2.15. The maximum Gasteiger partial charge on any atom is 0.257 e. The third-order valence-electron chi connectivity index (χ3n) is 4.93. The average molecular weight is 405 g/mol. The Morgan fingerprint density at radius 2 is 1.66 bits per heavy atom. The largest absolute Gasteiger partial charge is 0.506 e. The first-order chi connectivity index (χ1) is 14.0. The van der Waals surface area contributed by atoms with Gasteiger partial charge in [-0.05, 0) is 65.5 Å².